The molecule has 0 aliphatic heterocycles. The third-order valence-corrected chi connectivity index (χ3v) is 8.45. The van der Waals surface area contributed by atoms with Gasteiger partial charge in [0.1, 0.15) is 18.3 Å². The highest BCUT2D eigenvalue weighted by molar-refractivity contribution is 7.92. The van der Waals surface area contributed by atoms with Crippen LogP contribution in [0.1, 0.15) is 39.7 Å². The predicted molar refractivity (Wildman–Crippen MR) is 163 cm³/mol. The minimum absolute atomic E-state index is 0.00518. The van der Waals surface area contributed by atoms with Crippen LogP contribution in [0.5, 0.6) is 5.75 Å². The van der Waals surface area contributed by atoms with Gasteiger partial charge in [-0.1, -0.05) is 48.9 Å². The van der Waals surface area contributed by atoms with Crippen LogP contribution in [0.2, 0.25) is 5.02 Å². The van der Waals surface area contributed by atoms with E-state index in [1.165, 1.54) is 24.1 Å². The number of ether oxygens (including phenoxy) is 1. The van der Waals surface area contributed by atoms with Gasteiger partial charge in [0, 0.05) is 17.1 Å². The quantitative estimate of drug-likeness (QED) is 0.304. The van der Waals surface area contributed by atoms with Gasteiger partial charge in [-0.25, -0.2) is 8.42 Å². The Hall–Kier alpha value is -3.56. The fraction of sp³-hybridized carbons (Fsp3) is 0.355. The minimum Gasteiger partial charge on any atom is -0.497 e. The van der Waals surface area contributed by atoms with E-state index in [9.17, 15) is 18.0 Å². The van der Waals surface area contributed by atoms with Crippen molar-refractivity contribution in [3.05, 3.63) is 89.4 Å². The fourth-order valence-electron chi connectivity index (χ4n) is 4.36. The first kappa shape index (κ1) is 32.0. The fourth-order valence-corrected chi connectivity index (χ4v) is 5.90. The molecule has 220 valence electrons. The molecule has 0 bridgehead atoms. The standard InChI is InChI=1S/C31H38ClN3O5S/c1-6-28(30(37)33-31(2,3)4)34(21-20-23-10-8-7-9-11-23)29(36)22-35(25-14-12-24(32)13-15-25)41(38,39)27-18-16-26(40-5)17-19-27/h7-19,28H,6,20-22H2,1-5H3,(H,33,37)/t28-/m1/s1. The second-order valence-corrected chi connectivity index (χ2v) is 12.9. The highest BCUT2D eigenvalue weighted by atomic mass is 35.5. The number of anilines is 1. The molecule has 3 rings (SSSR count). The number of hydrogen-bond acceptors (Lipinski definition) is 5. The molecule has 0 spiro atoms. The van der Waals surface area contributed by atoms with Gasteiger partial charge >= 0.3 is 0 Å². The van der Waals surface area contributed by atoms with Gasteiger partial charge in [-0.2, -0.15) is 0 Å². The molecule has 1 N–H and O–H groups in total. The molecule has 0 aromatic heterocycles. The third kappa shape index (κ3) is 8.71. The van der Waals surface area contributed by atoms with Gasteiger partial charge in [-0.3, -0.25) is 13.9 Å². The molecule has 10 heteroatoms. The molecule has 0 radical (unpaired) electrons. The second kappa shape index (κ2) is 13.9. The van der Waals surface area contributed by atoms with Crippen LogP contribution in [0.15, 0.2) is 83.8 Å². The Labute approximate surface area is 248 Å². The van der Waals surface area contributed by atoms with Crippen molar-refractivity contribution < 1.29 is 22.7 Å². The number of benzene rings is 3. The van der Waals surface area contributed by atoms with Gasteiger partial charge in [0.05, 0.1) is 17.7 Å². The van der Waals surface area contributed by atoms with Crippen LogP contribution in [0.4, 0.5) is 5.69 Å². The summed E-state index contributed by atoms with van der Waals surface area (Å²) in [7, 11) is -2.69. The maximum Gasteiger partial charge on any atom is 0.264 e. The van der Waals surface area contributed by atoms with Crippen molar-refractivity contribution in [3.8, 4) is 5.75 Å². The summed E-state index contributed by atoms with van der Waals surface area (Å²) in [5.74, 6) is -0.290. The molecule has 41 heavy (non-hydrogen) atoms. The second-order valence-electron chi connectivity index (χ2n) is 10.6. The summed E-state index contributed by atoms with van der Waals surface area (Å²) in [5.41, 5.74) is 0.761. The van der Waals surface area contributed by atoms with E-state index in [1.807, 2.05) is 58.0 Å². The van der Waals surface area contributed by atoms with Crippen LogP contribution in [0.3, 0.4) is 0 Å². The first-order valence-electron chi connectivity index (χ1n) is 13.4. The molecule has 0 unspecified atom stereocenters. The van der Waals surface area contributed by atoms with Crippen LogP contribution in [0.25, 0.3) is 0 Å². The van der Waals surface area contributed by atoms with Gasteiger partial charge in [0.2, 0.25) is 11.8 Å². The molecular formula is C31H38ClN3O5S. The molecule has 0 aliphatic rings. The molecule has 3 aromatic rings. The Morgan fingerprint density at radius 2 is 1.56 bits per heavy atom. The van der Waals surface area contributed by atoms with Crippen molar-refractivity contribution >= 4 is 39.1 Å². The summed E-state index contributed by atoms with van der Waals surface area (Å²) in [6.07, 6.45) is 0.854. The van der Waals surface area contributed by atoms with E-state index >= 15 is 0 Å². The van der Waals surface area contributed by atoms with Crippen LogP contribution in [0, 0.1) is 0 Å². The van der Waals surface area contributed by atoms with Crippen molar-refractivity contribution in [2.75, 3.05) is 24.5 Å². The Kier molecular flexibility index (Phi) is 10.8. The summed E-state index contributed by atoms with van der Waals surface area (Å²) in [6, 6.07) is 21.0. The average Bonchev–Trinajstić information content (AvgIpc) is 2.94. The number of amides is 2. The molecule has 3 aromatic carbocycles. The largest absolute Gasteiger partial charge is 0.497 e. The van der Waals surface area contributed by atoms with E-state index in [0.717, 1.165) is 9.87 Å². The number of rotatable bonds is 12. The lowest BCUT2D eigenvalue weighted by molar-refractivity contribution is -0.140. The van der Waals surface area contributed by atoms with Gasteiger partial charge in [0.25, 0.3) is 10.0 Å². The maximum absolute atomic E-state index is 14.1. The Balaban J connectivity index is 2.01. The van der Waals surface area contributed by atoms with Crippen molar-refractivity contribution in [1.82, 2.24) is 10.2 Å². The number of nitrogens with zero attached hydrogens (tertiary/aromatic N) is 2. The summed E-state index contributed by atoms with van der Waals surface area (Å²) >= 11 is 6.08. The van der Waals surface area contributed by atoms with E-state index < -0.39 is 34.1 Å². The summed E-state index contributed by atoms with van der Waals surface area (Å²) in [5, 5.41) is 3.40. The summed E-state index contributed by atoms with van der Waals surface area (Å²) < 4.78 is 34.1. The lowest BCUT2D eigenvalue weighted by Gasteiger charge is -2.34. The smallest absolute Gasteiger partial charge is 0.264 e. The van der Waals surface area contributed by atoms with Crippen LogP contribution in [-0.4, -0.2) is 56.9 Å². The maximum atomic E-state index is 14.1. The topological polar surface area (TPSA) is 96.0 Å². The Bertz CT molecular complexity index is 1410. The van der Waals surface area contributed by atoms with Crippen LogP contribution in [-0.2, 0) is 26.0 Å². The zero-order chi connectivity index (χ0) is 30.2. The predicted octanol–water partition coefficient (Wildman–Crippen LogP) is 5.31. The number of carbonyl (C=O) groups is 2. The van der Waals surface area contributed by atoms with E-state index in [4.69, 9.17) is 16.3 Å². The SMILES string of the molecule is CC[C@H](C(=O)NC(C)(C)C)N(CCc1ccccc1)C(=O)CN(c1ccc(Cl)cc1)S(=O)(=O)c1ccc(OC)cc1. The van der Waals surface area contributed by atoms with E-state index in [-0.39, 0.29) is 23.0 Å². The van der Waals surface area contributed by atoms with Gasteiger partial charge < -0.3 is 15.0 Å². The van der Waals surface area contributed by atoms with E-state index in [0.29, 0.717) is 23.6 Å². The zero-order valence-electron chi connectivity index (χ0n) is 24.1. The van der Waals surface area contributed by atoms with Crippen molar-refractivity contribution in [2.24, 2.45) is 0 Å². The average molecular weight is 600 g/mol. The number of nitrogens with one attached hydrogen (secondary N) is 1. The molecule has 0 aliphatic carbocycles. The lowest BCUT2D eigenvalue weighted by Crippen LogP contribution is -2.56. The van der Waals surface area contributed by atoms with Crippen molar-refractivity contribution in [3.63, 3.8) is 0 Å². The monoisotopic (exact) mass is 599 g/mol. The summed E-state index contributed by atoms with van der Waals surface area (Å²) in [6.45, 7) is 7.17. The highest BCUT2D eigenvalue weighted by Crippen LogP contribution is 2.27. The van der Waals surface area contributed by atoms with Crippen molar-refractivity contribution in [1.29, 1.82) is 0 Å². The normalized spacial score (nSPS) is 12.3. The van der Waals surface area contributed by atoms with Crippen molar-refractivity contribution in [2.45, 2.75) is 57.0 Å². The first-order chi connectivity index (χ1) is 19.4. The van der Waals surface area contributed by atoms with Gasteiger partial charge in [-0.15, -0.1) is 0 Å². The number of methoxy groups -OCH3 is 1. The number of halogens is 1. The number of carbonyl (C=O) groups excluding carboxylic acids is 2. The molecular weight excluding hydrogens is 562 g/mol. The third-order valence-electron chi connectivity index (χ3n) is 6.41. The summed E-state index contributed by atoms with van der Waals surface area (Å²) in [4.78, 5) is 28.9. The van der Waals surface area contributed by atoms with E-state index in [2.05, 4.69) is 5.32 Å². The van der Waals surface area contributed by atoms with Gasteiger partial charge in [-0.05, 0) is 87.7 Å². The molecule has 1 atom stereocenters. The minimum atomic E-state index is -4.18. The highest BCUT2D eigenvalue weighted by Gasteiger charge is 2.34. The molecule has 0 heterocycles. The molecule has 8 nitrogen and oxygen atoms in total. The zero-order valence-corrected chi connectivity index (χ0v) is 25.7. The Morgan fingerprint density at radius 3 is 2.10 bits per heavy atom. The van der Waals surface area contributed by atoms with E-state index in [1.54, 1.807) is 36.4 Å². The number of sulfonamides is 1. The molecule has 2 amide bonds. The Morgan fingerprint density at radius 1 is 0.951 bits per heavy atom. The molecule has 0 saturated carbocycles. The van der Waals surface area contributed by atoms with Crippen LogP contribution >= 0.6 is 11.6 Å². The number of hydrogen-bond donors (Lipinski definition) is 1. The van der Waals surface area contributed by atoms with Crippen LogP contribution < -0.4 is 14.4 Å². The first-order valence-corrected chi connectivity index (χ1v) is 15.3. The van der Waals surface area contributed by atoms with Gasteiger partial charge in [0.15, 0.2) is 0 Å². The lowest BCUT2D eigenvalue weighted by atomic mass is 10.1. The molecule has 0 saturated heterocycles. The molecule has 0 fully saturated rings.